The van der Waals surface area contributed by atoms with Gasteiger partial charge in [-0.2, -0.15) is 0 Å². The maximum absolute atomic E-state index is 13.1. The number of benzene rings is 1. The van der Waals surface area contributed by atoms with Crippen molar-refractivity contribution < 1.29 is 0 Å². The van der Waals surface area contributed by atoms with E-state index in [-0.39, 0.29) is 5.56 Å². The molecule has 4 rings (SSSR count). The van der Waals surface area contributed by atoms with Crippen LogP contribution in [0.3, 0.4) is 0 Å². The average molecular weight is 441 g/mol. The van der Waals surface area contributed by atoms with Gasteiger partial charge in [0, 0.05) is 42.6 Å². The Morgan fingerprint density at radius 3 is 2.88 bits per heavy atom. The van der Waals surface area contributed by atoms with Gasteiger partial charge in [-0.15, -0.1) is 0 Å². The summed E-state index contributed by atoms with van der Waals surface area (Å²) in [5, 5.41) is 7.17. The fourth-order valence-electron chi connectivity index (χ4n) is 3.72. The van der Waals surface area contributed by atoms with Crippen molar-refractivity contribution in [1.82, 2.24) is 19.8 Å². The van der Waals surface area contributed by atoms with E-state index in [2.05, 4.69) is 43.5 Å². The predicted octanol–water partition coefficient (Wildman–Crippen LogP) is 2.54. The van der Waals surface area contributed by atoms with Gasteiger partial charge in [-0.3, -0.25) is 4.79 Å². The minimum atomic E-state index is -0.0663. The Bertz CT molecular complexity index is 882. The third-order valence-corrected chi connectivity index (χ3v) is 6.67. The summed E-state index contributed by atoms with van der Waals surface area (Å²) in [6.45, 7) is 4.42. The van der Waals surface area contributed by atoms with E-state index >= 15 is 0 Å². The van der Waals surface area contributed by atoms with Crippen molar-refractivity contribution in [2.45, 2.75) is 25.4 Å². The van der Waals surface area contributed by atoms with Crippen molar-refractivity contribution in [2.75, 3.05) is 38.5 Å². The molecule has 0 bridgehead atoms. The lowest BCUT2D eigenvalue weighted by molar-refractivity contribution is 0.307. The van der Waals surface area contributed by atoms with Crippen LogP contribution in [0.15, 0.2) is 21.4 Å². The molecule has 1 unspecified atom stereocenters. The molecule has 1 atom stereocenters. The molecular weight excluding hydrogens is 418 g/mol. The fraction of sp³-hybridized carbons (Fsp3) is 0.556. The Balaban J connectivity index is 1.70. The summed E-state index contributed by atoms with van der Waals surface area (Å²) in [7, 11) is 2.13. The summed E-state index contributed by atoms with van der Waals surface area (Å²) >= 11 is 9.74. The number of halogens is 2. The Labute approximate surface area is 166 Å². The zero-order valence-electron chi connectivity index (χ0n) is 14.8. The van der Waals surface area contributed by atoms with Crippen LogP contribution in [0.1, 0.15) is 12.8 Å². The van der Waals surface area contributed by atoms with Crippen LogP contribution in [0.5, 0.6) is 0 Å². The number of hydrogen-bond donors (Lipinski definition) is 2. The molecule has 8 heteroatoms. The first kappa shape index (κ1) is 18.2. The molecule has 6 nitrogen and oxygen atoms in total. The average Bonchev–Trinajstić information content (AvgIpc) is 2.98. The number of hydrogen-bond acceptors (Lipinski definition) is 5. The van der Waals surface area contributed by atoms with Gasteiger partial charge in [-0.05, 0) is 54.5 Å². The molecule has 0 saturated carbocycles. The molecule has 2 N–H and O–H groups in total. The molecule has 2 fully saturated rings. The number of fused-ring (bicyclic) bond motifs is 1. The van der Waals surface area contributed by atoms with Crippen molar-refractivity contribution >= 4 is 44.4 Å². The SMILES string of the molecule is CN1CCCC1CNc1nc2cc(Br)c(Cl)cc2n(CC2CNC2)c1=O. The van der Waals surface area contributed by atoms with Crippen LogP contribution in [0.25, 0.3) is 11.0 Å². The number of nitrogens with one attached hydrogen (secondary N) is 2. The summed E-state index contributed by atoms with van der Waals surface area (Å²) < 4.78 is 2.61. The standard InChI is InChI=1S/C18H23BrClN5O/c1-24-4-2-3-12(24)9-22-17-18(26)25(10-11-7-21-8-11)16-6-14(20)13(19)5-15(16)23-17/h5-6,11-12,21H,2-4,7-10H2,1H3,(H,22,23). The van der Waals surface area contributed by atoms with Gasteiger partial charge in [0.15, 0.2) is 5.82 Å². The Kier molecular flexibility index (Phi) is 5.23. The minimum absolute atomic E-state index is 0.0663. The molecule has 2 aliphatic heterocycles. The zero-order chi connectivity index (χ0) is 18.3. The van der Waals surface area contributed by atoms with Gasteiger partial charge in [0.05, 0.1) is 16.1 Å². The van der Waals surface area contributed by atoms with E-state index in [9.17, 15) is 4.79 Å². The molecule has 1 aromatic carbocycles. The largest absolute Gasteiger partial charge is 0.364 e. The van der Waals surface area contributed by atoms with Crippen molar-refractivity contribution in [3.8, 4) is 0 Å². The van der Waals surface area contributed by atoms with Crippen LogP contribution in [-0.2, 0) is 6.54 Å². The van der Waals surface area contributed by atoms with Gasteiger partial charge in [0.1, 0.15) is 0 Å². The van der Waals surface area contributed by atoms with E-state index in [4.69, 9.17) is 11.6 Å². The van der Waals surface area contributed by atoms with Crippen LogP contribution in [-0.4, -0.2) is 53.7 Å². The molecule has 3 heterocycles. The van der Waals surface area contributed by atoms with Crippen molar-refractivity contribution in [1.29, 1.82) is 0 Å². The molecule has 0 spiro atoms. The zero-order valence-corrected chi connectivity index (χ0v) is 17.1. The van der Waals surface area contributed by atoms with E-state index < -0.39 is 0 Å². The highest BCUT2D eigenvalue weighted by Gasteiger charge is 2.23. The van der Waals surface area contributed by atoms with E-state index in [1.807, 2.05) is 16.7 Å². The van der Waals surface area contributed by atoms with E-state index in [1.54, 1.807) is 0 Å². The number of nitrogens with zero attached hydrogens (tertiary/aromatic N) is 3. The number of likely N-dealkylation sites (N-methyl/N-ethyl adjacent to an activating group) is 1. The normalized spacial score (nSPS) is 21.3. The van der Waals surface area contributed by atoms with Gasteiger partial charge in [0.25, 0.3) is 5.56 Å². The Morgan fingerprint density at radius 1 is 1.42 bits per heavy atom. The van der Waals surface area contributed by atoms with Crippen molar-refractivity contribution in [3.63, 3.8) is 0 Å². The lowest BCUT2D eigenvalue weighted by Crippen LogP contribution is -2.45. The Hall–Kier alpha value is -1.15. The first-order valence-corrected chi connectivity index (χ1v) is 10.2. The second kappa shape index (κ2) is 7.46. The predicted molar refractivity (Wildman–Crippen MR) is 109 cm³/mol. The van der Waals surface area contributed by atoms with Crippen molar-refractivity contribution in [2.24, 2.45) is 5.92 Å². The number of likely N-dealkylation sites (tertiary alicyclic amines) is 1. The molecule has 26 heavy (non-hydrogen) atoms. The molecule has 2 aromatic rings. The van der Waals surface area contributed by atoms with E-state index in [0.29, 0.717) is 29.3 Å². The maximum atomic E-state index is 13.1. The van der Waals surface area contributed by atoms with E-state index in [1.165, 1.54) is 6.42 Å². The highest BCUT2D eigenvalue weighted by Crippen LogP contribution is 2.28. The third kappa shape index (κ3) is 3.50. The van der Waals surface area contributed by atoms with Crippen LogP contribution in [0, 0.1) is 5.92 Å². The molecular formula is C18H23BrClN5O. The molecule has 0 radical (unpaired) electrons. The molecule has 2 saturated heterocycles. The van der Waals surface area contributed by atoms with Crippen LogP contribution >= 0.6 is 27.5 Å². The van der Waals surface area contributed by atoms with Crippen LogP contribution in [0.2, 0.25) is 5.02 Å². The van der Waals surface area contributed by atoms with Gasteiger partial charge in [-0.1, -0.05) is 11.6 Å². The summed E-state index contributed by atoms with van der Waals surface area (Å²) in [4.78, 5) is 20.0. The maximum Gasteiger partial charge on any atom is 0.293 e. The first-order chi connectivity index (χ1) is 12.5. The van der Waals surface area contributed by atoms with Crippen LogP contribution in [0.4, 0.5) is 5.82 Å². The van der Waals surface area contributed by atoms with Gasteiger partial charge >= 0.3 is 0 Å². The molecule has 140 valence electrons. The highest BCUT2D eigenvalue weighted by atomic mass is 79.9. The second-order valence-electron chi connectivity index (χ2n) is 7.31. The lowest BCUT2D eigenvalue weighted by atomic mass is 10.0. The Morgan fingerprint density at radius 2 is 2.23 bits per heavy atom. The molecule has 1 aromatic heterocycles. The smallest absolute Gasteiger partial charge is 0.293 e. The highest BCUT2D eigenvalue weighted by molar-refractivity contribution is 9.10. The molecule has 2 aliphatic rings. The van der Waals surface area contributed by atoms with Gasteiger partial charge in [-0.25, -0.2) is 4.98 Å². The third-order valence-electron chi connectivity index (χ3n) is 5.47. The summed E-state index contributed by atoms with van der Waals surface area (Å²) in [5.41, 5.74) is 1.50. The number of rotatable bonds is 5. The van der Waals surface area contributed by atoms with Crippen molar-refractivity contribution in [3.05, 3.63) is 32.0 Å². The monoisotopic (exact) mass is 439 g/mol. The molecule has 0 amide bonds. The van der Waals surface area contributed by atoms with Gasteiger partial charge < -0.3 is 20.1 Å². The first-order valence-electron chi connectivity index (χ1n) is 9.07. The minimum Gasteiger partial charge on any atom is -0.364 e. The quantitative estimate of drug-likeness (QED) is 0.748. The lowest BCUT2D eigenvalue weighted by Gasteiger charge is -2.28. The number of aromatic nitrogens is 2. The fourth-order valence-corrected chi connectivity index (χ4v) is 4.21. The molecule has 0 aliphatic carbocycles. The van der Waals surface area contributed by atoms with Crippen LogP contribution < -0.4 is 16.2 Å². The summed E-state index contributed by atoms with van der Waals surface area (Å²) in [6.07, 6.45) is 2.36. The second-order valence-corrected chi connectivity index (χ2v) is 8.57. The summed E-state index contributed by atoms with van der Waals surface area (Å²) in [5.74, 6) is 0.897. The van der Waals surface area contributed by atoms with E-state index in [0.717, 1.165) is 48.1 Å². The van der Waals surface area contributed by atoms with Gasteiger partial charge in [0.2, 0.25) is 0 Å². The number of anilines is 1. The summed E-state index contributed by atoms with van der Waals surface area (Å²) in [6, 6.07) is 4.17. The topological polar surface area (TPSA) is 62.2 Å².